The van der Waals surface area contributed by atoms with Crippen LogP contribution in [0.15, 0.2) is 18.2 Å². The number of ether oxygens (including phenoxy) is 2. The van der Waals surface area contributed by atoms with E-state index >= 15 is 4.39 Å². The van der Waals surface area contributed by atoms with Gasteiger partial charge in [-0.1, -0.05) is 32.8 Å². The van der Waals surface area contributed by atoms with E-state index in [4.69, 9.17) is 9.47 Å². The van der Waals surface area contributed by atoms with Crippen molar-refractivity contribution in [2.24, 2.45) is 11.8 Å². The fourth-order valence-corrected chi connectivity index (χ4v) is 6.30. The first-order valence-electron chi connectivity index (χ1n) is 13.1. The summed E-state index contributed by atoms with van der Waals surface area (Å²) in [7, 11) is -4.37. The number of phenolic OH excluding ortho intramolecular Hbond substituents is 1. The summed E-state index contributed by atoms with van der Waals surface area (Å²) in [6, 6.07) is 1.97. The van der Waals surface area contributed by atoms with Gasteiger partial charge in [-0.2, -0.15) is 8.42 Å². The van der Waals surface area contributed by atoms with E-state index in [-0.39, 0.29) is 18.0 Å². The number of carbonyl (C=O) groups is 3. The van der Waals surface area contributed by atoms with Crippen LogP contribution in [0.5, 0.6) is 5.75 Å². The van der Waals surface area contributed by atoms with Crippen LogP contribution in [0, 0.1) is 17.7 Å². The number of benzene rings is 1. The number of hydrogen-bond donors (Lipinski definition) is 2. The average molecular weight is 568 g/mol. The van der Waals surface area contributed by atoms with Crippen LogP contribution in [0.1, 0.15) is 64.9 Å². The molecule has 0 spiro atoms. The molecule has 2 atom stereocenters. The Morgan fingerprint density at radius 3 is 2.46 bits per heavy atom. The standard InChI is InChI=1S/C26H34FN3O8S/c1-15(2)8-9-19-12-18(13-29(19)26(34)38-16(3)37-25(33)17-6-4-5-7-17)20-10-11-21(31)24(23(20)27)30-14-22(32)28-39(30,35)36/h10-12,15-17,19,31H,4-9,13-14H2,1-3H3,(H,28,32)/t16?,19-/m0/s1. The maximum absolute atomic E-state index is 15.7. The Morgan fingerprint density at radius 1 is 1.15 bits per heavy atom. The lowest BCUT2D eigenvalue weighted by molar-refractivity contribution is -0.170. The van der Waals surface area contributed by atoms with E-state index in [1.54, 1.807) is 10.8 Å². The molecule has 2 fully saturated rings. The fourth-order valence-electron chi connectivity index (χ4n) is 5.13. The number of nitrogens with one attached hydrogen (secondary N) is 1. The van der Waals surface area contributed by atoms with Crippen LogP contribution in [-0.2, 0) is 29.3 Å². The second-order valence-electron chi connectivity index (χ2n) is 10.6. The first-order valence-corrected chi connectivity index (χ1v) is 14.5. The van der Waals surface area contributed by atoms with Crippen LogP contribution in [0.4, 0.5) is 14.9 Å². The number of phenols is 1. The van der Waals surface area contributed by atoms with E-state index in [1.165, 1.54) is 17.9 Å². The molecule has 2 heterocycles. The van der Waals surface area contributed by atoms with Gasteiger partial charge in [0.05, 0.1) is 18.5 Å². The molecule has 1 aromatic carbocycles. The molecule has 1 aliphatic carbocycles. The molecular formula is C26H34FN3O8S. The molecule has 2 amide bonds. The lowest BCUT2D eigenvalue weighted by atomic mass is 10.0. The summed E-state index contributed by atoms with van der Waals surface area (Å²) in [5.74, 6) is -2.81. The van der Waals surface area contributed by atoms with Gasteiger partial charge in [-0.3, -0.25) is 14.5 Å². The van der Waals surface area contributed by atoms with E-state index in [0.717, 1.165) is 38.2 Å². The van der Waals surface area contributed by atoms with E-state index < -0.39 is 64.3 Å². The number of anilines is 1. The number of rotatable bonds is 8. The van der Waals surface area contributed by atoms with Crippen LogP contribution < -0.4 is 9.03 Å². The topological polar surface area (TPSA) is 143 Å². The summed E-state index contributed by atoms with van der Waals surface area (Å²) in [5, 5.41) is 10.3. The molecule has 1 unspecified atom stereocenters. The minimum atomic E-state index is -4.37. The summed E-state index contributed by atoms with van der Waals surface area (Å²) < 4.78 is 53.3. The second-order valence-corrected chi connectivity index (χ2v) is 12.2. The largest absolute Gasteiger partial charge is 0.506 e. The number of halogens is 1. The summed E-state index contributed by atoms with van der Waals surface area (Å²) in [5.41, 5.74) is -0.298. The van der Waals surface area contributed by atoms with Crippen molar-refractivity contribution in [2.45, 2.75) is 71.6 Å². The average Bonchev–Trinajstić information content (AvgIpc) is 3.57. The molecule has 2 N–H and O–H groups in total. The zero-order valence-electron chi connectivity index (χ0n) is 22.2. The minimum absolute atomic E-state index is 0.0251. The van der Waals surface area contributed by atoms with Gasteiger partial charge in [-0.05, 0) is 49.3 Å². The Balaban J connectivity index is 1.55. The van der Waals surface area contributed by atoms with Crippen molar-refractivity contribution in [3.05, 3.63) is 29.6 Å². The van der Waals surface area contributed by atoms with Gasteiger partial charge >= 0.3 is 22.3 Å². The molecule has 11 nitrogen and oxygen atoms in total. The predicted molar refractivity (Wildman–Crippen MR) is 139 cm³/mol. The lowest BCUT2D eigenvalue weighted by Crippen LogP contribution is -2.39. The number of hydrogen-bond acceptors (Lipinski definition) is 8. The molecule has 39 heavy (non-hydrogen) atoms. The zero-order valence-corrected chi connectivity index (χ0v) is 23.0. The van der Waals surface area contributed by atoms with Crippen LogP contribution in [0.25, 0.3) is 5.57 Å². The number of amides is 2. The van der Waals surface area contributed by atoms with E-state index in [1.807, 2.05) is 13.8 Å². The second kappa shape index (κ2) is 11.4. The number of esters is 1. The van der Waals surface area contributed by atoms with Gasteiger partial charge in [-0.25, -0.2) is 18.2 Å². The minimum Gasteiger partial charge on any atom is -0.506 e. The lowest BCUT2D eigenvalue weighted by Gasteiger charge is -2.26. The maximum atomic E-state index is 15.7. The Kier molecular flexibility index (Phi) is 8.38. The third-order valence-electron chi connectivity index (χ3n) is 7.16. The van der Waals surface area contributed by atoms with Gasteiger partial charge < -0.3 is 14.6 Å². The molecule has 4 rings (SSSR count). The third kappa shape index (κ3) is 6.29. The Labute approximate surface area is 227 Å². The highest BCUT2D eigenvalue weighted by Gasteiger charge is 2.39. The predicted octanol–water partition coefficient (Wildman–Crippen LogP) is 3.43. The first kappa shape index (κ1) is 28.7. The van der Waals surface area contributed by atoms with E-state index in [2.05, 4.69) is 0 Å². The first-order chi connectivity index (χ1) is 18.4. The van der Waals surface area contributed by atoms with Crippen LogP contribution in [-0.4, -0.2) is 61.8 Å². The van der Waals surface area contributed by atoms with Crippen molar-refractivity contribution < 1.29 is 41.8 Å². The Hall–Kier alpha value is -3.35. The van der Waals surface area contributed by atoms with Crippen LogP contribution in [0.2, 0.25) is 0 Å². The molecule has 0 aromatic heterocycles. The van der Waals surface area contributed by atoms with Crippen LogP contribution >= 0.6 is 0 Å². The zero-order chi connectivity index (χ0) is 28.5. The molecule has 1 aromatic rings. The van der Waals surface area contributed by atoms with Gasteiger partial charge in [-0.15, -0.1) is 0 Å². The van der Waals surface area contributed by atoms with Gasteiger partial charge in [0.2, 0.25) is 6.29 Å². The monoisotopic (exact) mass is 567 g/mol. The smallest absolute Gasteiger partial charge is 0.413 e. The molecule has 1 saturated heterocycles. The maximum Gasteiger partial charge on any atom is 0.413 e. The van der Waals surface area contributed by atoms with Crippen molar-refractivity contribution >= 4 is 39.4 Å². The molecule has 2 aliphatic heterocycles. The molecule has 3 aliphatic rings. The summed E-state index contributed by atoms with van der Waals surface area (Å²) in [4.78, 5) is 38.6. The molecule has 13 heteroatoms. The summed E-state index contributed by atoms with van der Waals surface area (Å²) >= 11 is 0. The summed E-state index contributed by atoms with van der Waals surface area (Å²) in [6.45, 7) is 4.79. The number of carbonyl (C=O) groups excluding carboxylic acids is 3. The highest BCUT2D eigenvalue weighted by Crippen LogP contribution is 2.39. The van der Waals surface area contributed by atoms with Crippen molar-refractivity contribution in [1.29, 1.82) is 0 Å². The Morgan fingerprint density at radius 2 is 1.85 bits per heavy atom. The molecule has 0 radical (unpaired) electrons. The molecule has 1 saturated carbocycles. The normalized spacial score (nSPS) is 21.7. The number of nitrogens with zero attached hydrogens (tertiary/aromatic N) is 2. The Bertz CT molecular complexity index is 1280. The molecular weight excluding hydrogens is 533 g/mol. The fraction of sp³-hybridized carbons (Fsp3) is 0.577. The van der Waals surface area contributed by atoms with Crippen molar-refractivity contribution in [1.82, 2.24) is 9.62 Å². The van der Waals surface area contributed by atoms with Crippen molar-refractivity contribution in [3.63, 3.8) is 0 Å². The van der Waals surface area contributed by atoms with Gasteiger partial charge in [0.15, 0.2) is 5.82 Å². The van der Waals surface area contributed by atoms with E-state index in [9.17, 15) is 27.9 Å². The quantitative estimate of drug-likeness (QED) is 0.359. The van der Waals surface area contributed by atoms with Crippen LogP contribution in [0.3, 0.4) is 0 Å². The SMILES string of the molecule is CC(C)CC[C@H]1C=C(c2ccc(O)c(N3CC(=O)NS3(=O)=O)c2F)CN1C(=O)OC(C)OC(=O)C1CCCC1. The number of aromatic hydroxyl groups is 1. The highest BCUT2D eigenvalue weighted by atomic mass is 32.2. The molecule has 214 valence electrons. The van der Waals surface area contributed by atoms with Gasteiger partial charge in [0.25, 0.3) is 5.91 Å². The summed E-state index contributed by atoms with van der Waals surface area (Å²) in [6.07, 6.45) is 4.59. The van der Waals surface area contributed by atoms with E-state index in [0.29, 0.717) is 22.2 Å². The third-order valence-corrected chi connectivity index (χ3v) is 8.53. The van der Waals surface area contributed by atoms with Crippen molar-refractivity contribution in [3.8, 4) is 5.75 Å². The van der Waals surface area contributed by atoms with Gasteiger partial charge in [0, 0.05) is 12.5 Å². The molecule has 0 bridgehead atoms. The van der Waals surface area contributed by atoms with Crippen molar-refractivity contribution in [2.75, 3.05) is 17.4 Å². The highest BCUT2D eigenvalue weighted by molar-refractivity contribution is 7.92. The van der Waals surface area contributed by atoms with Gasteiger partial charge in [0.1, 0.15) is 18.0 Å².